The summed E-state index contributed by atoms with van der Waals surface area (Å²) in [5.74, 6) is 1.13. The van der Waals surface area contributed by atoms with Crippen LogP contribution < -0.4 is 10.9 Å². The molecule has 0 amide bonds. The molecule has 1 aromatic rings. The van der Waals surface area contributed by atoms with E-state index >= 15 is 0 Å². The van der Waals surface area contributed by atoms with Crippen LogP contribution in [0.15, 0.2) is 11.0 Å². The standard InChI is InChI=1S/C11H18ClN3O2S/c1-18-7-3-2-4-13-9-8-14-15(5-6-16)11(17)10(9)12/h8,13,16H,2-7H2,1H3. The molecule has 1 heterocycles. The zero-order valence-corrected chi connectivity index (χ0v) is 11.9. The molecular weight excluding hydrogens is 274 g/mol. The van der Waals surface area contributed by atoms with Crippen molar-refractivity contribution in [2.45, 2.75) is 19.4 Å². The monoisotopic (exact) mass is 291 g/mol. The normalized spacial score (nSPS) is 10.6. The molecule has 5 nitrogen and oxygen atoms in total. The minimum Gasteiger partial charge on any atom is -0.394 e. The minimum absolute atomic E-state index is 0.128. The van der Waals surface area contributed by atoms with Crippen molar-refractivity contribution in [3.63, 3.8) is 0 Å². The molecule has 0 unspecified atom stereocenters. The minimum atomic E-state index is -0.375. The number of halogens is 1. The van der Waals surface area contributed by atoms with Gasteiger partial charge in [0.1, 0.15) is 5.02 Å². The van der Waals surface area contributed by atoms with E-state index in [0.717, 1.165) is 29.8 Å². The summed E-state index contributed by atoms with van der Waals surface area (Å²) in [7, 11) is 0. The van der Waals surface area contributed by atoms with Crippen molar-refractivity contribution in [2.24, 2.45) is 0 Å². The van der Waals surface area contributed by atoms with Crippen molar-refractivity contribution >= 4 is 29.1 Å². The maximum absolute atomic E-state index is 11.7. The van der Waals surface area contributed by atoms with Crippen molar-refractivity contribution in [1.82, 2.24) is 9.78 Å². The molecule has 7 heteroatoms. The number of anilines is 1. The molecule has 0 radical (unpaired) electrons. The average Bonchev–Trinajstić information content (AvgIpc) is 2.37. The summed E-state index contributed by atoms with van der Waals surface area (Å²) < 4.78 is 1.15. The van der Waals surface area contributed by atoms with Crippen LogP contribution in [0, 0.1) is 0 Å². The quantitative estimate of drug-likeness (QED) is 0.710. The number of hydrogen-bond acceptors (Lipinski definition) is 5. The summed E-state index contributed by atoms with van der Waals surface area (Å²) in [4.78, 5) is 11.7. The second-order valence-electron chi connectivity index (χ2n) is 3.75. The lowest BCUT2D eigenvalue weighted by Crippen LogP contribution is -2.25. The van der Waals surface area contributed by atoms with E-state index in [2.05, 4.69) is 16.7 Å². The number of unbranched alkanes of at least 4 members (excludes halogenated alkanes) is 1. The maximum atomic E-state index is 11.7. The molecule has 0 aliphatic rings. The van der Waals surface area contributed by atoms with Crippen LogP contribution in [0.4, 0.5) is 5.69 Å². The van der Waals surface area contributed by atoms with E-state index in [1.54, 1.807) is 0 Å². The van der Waals surface area contributed by atoms with Crippen molar-refractivity contribution in [3.8, 4) is 0 Å². The van der Waals surface area contributed by atoms with Gasteiger partial charge in [0.15, 0.2) is 0 Å². The third-order valence-electron chi connectivity index (χ3n) is 2.39. The lowest BCUT2D eigenvalue weighted by atomic mass is 10.3. The molecule has 0 aromatic carbocycles. The van der Waals surface area contributed by atoms with Gasteiger partial charge in [0, 0.05) is 6.54 Å². The topological polar surface area (TPSA) is 67.2 Å². The Morgan fingerprint density at radius 3 is 3.00 bits per heavy atom. The van der Waals surface area contributed by atoms with Gasteiger partial charge < -0.3 is 10.4 Å². The van der Waals surface area contributed by atoms with Gasteiger partial charge in [-0.15, -0.1) is 0 Å². The second-order valence-corrected chi connectivity index (χ2v) is 5.11. The smallest absolute Gasteiger partial charge is 0.287 e. The summed E-state index contributed by atoms with van der Waals surface area (Å²) in [6, 6.07) is 0. The third-order valence-corrected chi connectivity index (χ3v) is 3.45. The molecule has 0 spiro atoms. The van der Waals surface area contributed by atoms with E-state index < -0.39 is 0 Å². The highest BCUT2D eigenvalue weighted by Gasteiger charge is 2.08. The molecule has 0 aliphatic carbocycles. The third kappa shape index (κ3) is 4.51. The fourth-order valence-corrected chi connectivity index (χ4v) is 2.14. The first-order chi connectivity index (χ1) is 8.70. The van der Waals surface area contributed by atoms with E-state index in [0.29, 0.717) is 5.69 Å². The van der Waals surface area contributed by atoms with Gasteiger partial charge in [-0.25, -0.2) is 4.68 Å². The molecule has 0 fully saturated rings. The van der Waals surface area contributed by atoms with E-state index in [4.69, 9.17) is 16.7 Å². The van der Waals surface area contributed by atoms with Gasteiger partial charge in [0.25, 0.3) is 5.56 Å². The van der Waals surface area contributed by atoms with Crippen LogP contribution in [0.3, 0.4) is 0 Å². The van der Waals surface area contributed by atoms with Crippen LogP contribution in [0.1, 0.15) is 12.8 Å². The number of nitrogens with zero attached hydrogens (tertiary/aromatic N) is 2. The summed E-state index contributed by atoms with van der Waals surface area (Å²) in [5, 5.41) is 15.9. The van der Waals surface area contributed by atoms with Crippen LogP contribution in [0.2, 0.25) is 5.02 Å². The first-order valence-corrected chi connectivity index (χ1v) is 7.57. The fraction of sp³-hybridized carbons (Fsp3) is 0.636. The molecule has 102 valence electrons. The highest BCUT2D eigenvalue weighted by Crippen LogP contribution is 2.15. The predicted octanol–water partition coefficient (Wildman–Crippen LogP) is 1.44. The molecule has 0 saturated heterocycles. The Morgan fingerprint density at radius 2 is 2.33 bits per heavy atom. The molecule has 1 aromatic heterocycles. The van der Waals surface area contributed by atoms with Gasteiger partial charge in [0.05, 0.1) is 25.0 Å². The number of hydrogen-bond donors (Lipinski definition) is 2. The molecule has 0 atom stereocenters. The largest absolute Gasteiger partial charge is 0.394 e. The molecule has 0 bridgehead atoms. The molecule has 1 rings (SSSR count). The lowest BCUT2D eigenvalue weighted by molar-refractivity contribution is 0.266. The zero-order chi connectivity index (χ0) is 13.4. The van der Waals surface area contributed by atoms with E-state index in [-0.39, 0.29) is 23.7 Å². The fourth-order valence-electron chi connectivity index (χ4n) is 1.44. The molecular formula is C11H18ClN3O2S. The Labute approximate surface area is 116 Å². The highest BCUT2D eigenvalue weighted by atomic mass is 35.5. The van der Waals surface area contributed by atoms with Gasteiger partial charge in [-0.2, -0.15) is 16.9 Å². The Bertz CT molecular complexity index is 425. The lowest BCUT2D eigenvalue weighted by Gasteiger charge is -2.09. The van der Waals surface area contributed by atoms with Gasteiger partial charge >= 0.3 is 0 Å². The average molecular weight is 292 g/mol. The van der Waals surface area contributed by atoms with Crippen LogP contribution in [0.5, 0.6) is 0 Å². The summed E-state index contributed by atoms with van der Waals surface area (Å²) >= 11 is 7.77. The SMILES string of the molecule is CSCCCCNc1cnn(CCO)c(=O)c1Cl. The van der Waals surface area contributed by atoms with Crippen LogP contribution >= 0.6 is 23.4 Å². The maximum Gasteiger partial charge on any atom is 0.287 e. The Balaban J connectivity index is 2.57. The van der Waals surface area contributed by atoms with E-state index in [1.165, 1.54) is 6.20 Å². The second kappa shape index (κ2) is 8.39. The summed E-state index contributed by atoms with van der Waals surface area (Å²) in [6.07, 6.45) is 5.75. The Hall–Kier alpha value is -0.720. The van der Waals surface area contributed by atoms with Gasteiger partial charge in [-0.3, -0.25) is 4.79 Å². The number of nitrogens with one attached hydrogen (secondary N) is 1. The van der Waals surface area contributed by atoms with Crippen molar-refractivity contribution in [3.05, 3.63) is 21.6 Å². The Kier molecular flexibility index (Phi) is 7.15. The summed E-state index contributed by atoms with van der Waals surface area (Å²) in [5.41, 5.74) is 0.180. The number of rotatable bonds is 8. The molecule has 2 N–H and O–H groups in total. The molecule has 0 saturated carbocycles. The number of aliphatic hydroxyl groups is 1. The zero-order valence-electron chi connectivity index (χ0n) is 10.4. The van der Waals surface area contributed by atoms with Gasteiger partial charge in [0.2, 0.25) is 0 Å². The number of thioether (sulfide) groups is 1. The van der Waals surface area contributed by atoms with Crippen LogP contribution in [0.25, 0.3) is 0 Å². The van der Waals surface area contributed by atoms with Gasteiger partial charge in [-0.05, 0) is 24.9 Å². The van der Waals surface area contributed by atoms with Crippen molar-refractivity contribution < 1.29 is 5.11 Å². The van der Waals surface area contributed by atoms with E-state index in [1.807, 2.05) is 11.8 Å². The van der Waals surface area contributed by atoms with Crippen LogP contribution in [-0.4, -0.2) is 40.0 Å². The first-order valence-electron chi connectivity index (χ1n) is 5.80. The molecule has 18 heavy (non-hydrogen) atoms. The predicted molar refractivity (Wildman–Crippen MR) is 76.7 cm³/mol. The highest BCUT2D eigenvalue weighted by molar-refractivity contribution is 7.98. The van der Waals surface area contributed by atoms with Crippen LogP contribution in [-0.2, 0) is 6.54 Å². The van der Waals surface area contributed by atoms with Gasteiger partial charge in [-0.1, -0.05) is 11.6 Å². The number of aromatic nitrogens is 2. The molecule has 0 aliphatic heterocycles. The van der Waals surface area contributed by atoms with E-state index in [9.17, 15) is 4.79 Å². The van der Waals surface area contributed by atoms with Crippen molar-refractivity contribution in [2.75, 3.05) is 30.5 Å². The van der Waals surface area contributed by atoms with Crippen molar-refractivity contribution in [1.29, 1.82) is 0 Å². The first kappa shape index (κ1) is 15.3. The Morgan fingerprint density at radius 1 is 1.56 bits per heavy atom. The number of aliphatic hydroxyl groups excluding tert-OH is 1. The summed E-state index contributed by atoms with van der Waals surface area (Å²) in [6.45, 7) is 0.794.